The summed E-state index contributed by atoms with van der Waals surface area (Å²) < 4.78 is 23.8. The number of carbonyl (C=O) groups excluding carboxylic acids is 1. The number of hydrogen-bond acceptors (Lipinski definition) is 6. The minimum atomic E-state index is -0.297. The fraction of sp³-hybridized carbons (Fsp3) is 0.857. The molecule has 0 aromatic carbocycles. The normalized spacial score (nSPS) is 39.9. The smallest absolute Gasteiger partial charge is 0.320 e. The van der Waals surface area contributed by atoms with Crippen LogP contribution >= 0.6 is 0 Å². The van der Waals surface area contributed by atoms with E-state index < -0.39 is 0 Å². The van der Waals surface area contributed by atoms with E-state index in [0.29, 0.717) is 0 Å². The Labute approximate surface area is 162 Å². The van der Waals surface area contributed by atoms with Crippen LogP contribution in [0, 0.1) is 5.92 Å². The molecule has 154 valence electrons. The lowest BCUT2D eigenvalue weighted by molar-refractivity contribution is -0.170. The lowest BCUT2D eigenvalue weighted by Crippen LogP contribution is -2.56. The van der Waals surface area contributed by atoms with Gasteiger partial charge in [0.1, 0.15) is 23.4 Å². The predicted molar refractivity (Wildman–Crippen MR) is 103 cm³/mol. The number of methoxy groups -OCH3 is 1. The van der Waals surface area contributed by atoms with Crippen LogP contribution in [0.15, 0.2) is 11.6 Å². The Morgan fingerprint density at radius 2 is 2.11 bits per heavy atom. The largest absolute Gasteiger partial charge is 0.459 e. The van der Waals surface area contributed by atoms with Gasteiger partial charge in [-0.2, -0.15) is 0 Å². The summed E-state index contributed by atoms with van der Waals surface area (Å²) in [6, 6.07) is 0. The van der Waals surface area contributed by atoms with E-state index in [2.05, 4.69) is 39.1 Å². The summed E-state index contributed by atoms with van der Waals surface area (Å²) in [6.45, 7) is 10.2. The Morgan fingerprint density at radius 1 is 1.37 bits per heavy atom. The van der Waals surface area contributed by atoms with Crippen molar-refractivity contribution in [3.8, 4) is 0 Å². The molecule has 0 aromatic rings. The number of allylic oxidation sites excluding steroid dienone is 1. The molecule has 1 spiro atoms. The van der Waals surface area contributed by atoms with Gasteiger partial charge in [0.2, 0.25) is 0 Å². The second-order valence-corrected chi connectivity index (χ2v) is 8.58. The molecule has 27 heavy (non-hydrogen) atoms. The SMILES string of the molecule is CCCNCC(=O)O[C@@H]1CC[C@]2(CO2)[C@@H]([C@@]2(C)OC2CC=C(C)C)[C@@H]1OC. The zero-order chi connectivity index (χ0) is 19.7. The quantitative estimate of drug-likeness (QED) is 0.286. The predicted octanol–water partition coefficient (Wildman–Crippen LogP) is 2.61. The molecule has 2 heterocycles. The van der Waals surface area contributed by atoms with E-state index in [1.165, 1.54) is 5.57 Å². The summed E-state index contributed by atoms with van der Waals surface area (Å²) in [5.41, 5.74) is 0.816. The van der Waals surface area contributed by atoms with E-state index in [0.717, 1.165) is 38.8 Å². The van der Waals surface area contributed by atoms with Crippen LogP contribution in [-0.4, -0.2) is 62.3 Å². The van der Waals surface area contributed by atoms with Gasteiger partial charge in [0, 0.05) is 7.11 Å². The molecular formula is C21H35NO5. The number of esters is 1. The maximum atomic E-state index is 12.2. The van der Waals surface area contributed by atoms with Crippen molar-refractivity contribution in [1.29, 1.82) is 0 Å². The van der Waals surface area contributed by atoms with Crippen LogP contribution in [0.5, 0.6) is 0 Å². The second-order valence-electron chi connectivity index (χ2n) is 8.58. The zero-order valence-electron chi connectivity index (χ0n) is 17.4. The maximum Gasteiger partial charge on any atom is 0.320 e. The molecule has 2 aliphatic heterocycles. The molecule has 1 saturated carbocycles. The third kappa shape index (κ3) is 4.39. The summed E-state index contributed by atoms with van der Waals surface area (Å²) in [5.74, 6) is -0.148. The third-order valence-electron chi connectivity index (χ3n) is 6.22. The van der Waals surface area contributed by atoms with Gasteiger partial charge in [0.15, 0.2) is 0 Å². The first-order valence-electron chi connectivity index (χ1n) is 10.2. The van der Waals surface area contributed by atoms with Crippen LogP contribution < -0.4 is 5.32 Å². The Kier molecular flexibility index (Phi) is 6.31. The molecule has 0 amide bonds. The van der Waals surface area contributed by atoms with Crippen LogP contribution in [0.4, 0.5) is 0 Å². The topological polar surface area (TPSA) is 72.6 Å². The fourth-order valence-electron chi connectivity index (χ4n) is 4.65. The van der Waals surface area contributed by atoms with Crippen LogP contribution in [0.2, 0.25) is 0 Å². The van der Waals surface area contributed by atoms with Gasteiger partial charge >= 0.3 is 5.97 Å². The summed E-state index contributed by atoms with van der Waals surface area (Å²) >= 11 is 0. The maximum absolute atomic E-state index is 12.2. The third-order valence-corrected chi connectivity index (χ3v) is 6.22. The molecule has 0 radical (unpaired) electrons. The Morgan fingerprint density at radius 3 is 2.70 bits per heavy atom. The molecule has 6 nitrogen and oxygen atoms in total. The van der Waals surface area contributed by atoms with Gasteiger partial charge in [-0.15, -0.1) is 0 Å². The molecule has 6 atom stereocenters. The average Bonchev–Trinajstić information content (AvgIpc) is 3.53. The van der Waals surface area contributed by atoms with Gasteiger partial charge in [-0.1, -0.05) is 18.6 Å². The summed E-state index contributed by atoms with van der Waals surface area (Å²) in [7, 11) is 1.70. The Bertz CT molecular complexity index is 569. The van der Waals surface area contributed by atoms with Crippen molar-refractivity contribution in [2.24, 2.45) is 5.92 Å². The molecule has 2 saturated heterocycles. The van der Waals surface area contributed by atoms with Crippen LogP contribution in [0.25, 0.3) is 0 Å². The monoisotopic (exact) mass is 381 g/mol. The average molecular weight is 382 g/mol. The summed E-state index contributed by atoms with van der Waals surface area (Å²) in [6.07, 6.45) is 5.45. The highest BCUT2D eigenvalue weighted by Crippen LogP contribution is 2.59. The van der Waals surface area contributed by atoms with Gasteiger partial charge in [0.25, 0.3) is 0 Å². The van der Waals surface area contributed by atoms with Crippen molar-refractivity contribution >= 4 is 5.97 Å². The van der Waals surface area contributed by atoms with Gasteiger partial charge in [-0.25, -0.2) is 0 Å². The lowest BCUT2D eigenvalue weighted by Gasteiger charge is -2.42. The highest BCUT2D eigenvalue weighted by Gasteiger charge is 2.72. The van der Waals surface area contributed by atoms with Gasteiger partial charge < -0.3 is 24.3 Å². The van der Waals surface area contributed by atoms with Crippen LogP contribution in [-0.2, 0) is 23.7 Å². The minimum absolute atomic E-state index is 0.0701. The Balaban J connectivity index is 1.68. The molecule has 6 heteroatoms. The number of hydrogen-bond donors (Lipinski definition) is 1. The molecule has 1 N–H and O–H groups in total. The molecular weight excluding hydrogens is 346 g/mol. The van der Waals surface area contributed by atoms with Crippen LogP contribution in [0.1, 0.15) is 53.4 Å². The number of carbonyl (C=O) groups is 1. The van der Waals surface area contributed by atoms with Crippen molar-refractivity contribution in [3.63, 3.8) is 0 Å². The number of ether oxygens (including phenoxy) is 4. The number of rotatable bonds is 9. The highest BCUT2D eigenvalue weighted by molar-refractivity contribution is 5.71. The molecule has 3 fully saturated rings. The lowest BCUT2D eigenvalue weighted by atomic mass is 9.68. The minimum Gasteiger partial charge on any atom is -0.459 e. The van der Waals surface area contributed by atoms with Crippen LogP contribution in [0.3, 0.4) is 0 Å². The standard InChI is InChI=1S/C21H35NO5/c1-6-11-22-12-17(23)26-15-9-10-21(13-25-21)19(18(15)24-5)20(4)16(27-20)8-7-14(2)3/h7,15-16,18-19,22H,6,8-13H2,1-5H3/t15-,16?,18-,19-,20+,21+/m1/s1. The van der Waals surface area contributed by atoms with E-state index >= 15 is 0 Å². The fourth-order valence-corrected chi connectivity index (χ4v) is 4.65. The van der Waals surface area contributed by atoms with Crippen molar-refractivity contribution in [3.05, 3.63) is 11.6 Å². The molecule has 1 unspecified atom stereocenters. The van der Waals surface area contributed by atoms with E-state index in [-0.39, 0.29) is 47.9 Å². The molecule has 0 bridgehead atoms. The van der Waals surface area contributed by atoms with Gasteiger partial charge in [-0.05, 0) is 53.0 Å². The van der Waals surface area contributed by atoms with E-state index in [9.17, 15) is 4.79 Å². The summed E-state index contributed by atoms with van der Waals surface area (Å²) in [5, 5.41) is 3.10. The highest BCUT2D eigenvalue weighted by atomic mass is 16.6. The first-order valence-corrected chi connectivity index (χ1v) is 10.2. The van der Waals surface area contributed by atoms with Crippen molar-refractivity contribution in [2.45, 2.75) is 82.9 Å². The van der Waals surface area contributed by atoms with Gasteiger partial charge in [0.05, 0.1) is 25.2 Å². The Hall–Kier alpha value is -0.950. The second kappa shape index (κ2) is 8.19. The molecule has 0 aromatic heterocycles. The van der Waals surface area contributed by atoms with E-state index in [4.69, 9.17) is 18.9 Å². The molecule has 3 rings (SSSR count). The molecule has 1 aliphatic carbocycles. The number of nitrogens with one attached hydrogen (secondary N) is 1. The van der Waals surface area contributed by atoms with E-state index in [1.807, 2.05) is 0 Å². The van der Waals surface area contributed by atoms with Crippen molar-refractivity contribution < 1.29 is 23.7 Å². The molecule has 3 aliphatic rings. The number of epoxide rings is 2. The first-order chi connectivity index (χ1) is 12.9. The zero-order valence-corrected chi connectivity index (χ0v) is 17.4. The van der Waals surface area contributed by atoms with Gasteiger partial charge in [-0.3, -0.25) is 4.79 Å². The van der Waals surface area contributed by atoms with Crippen molar-refractivity contribution in [2.75, 3.05) is 26.8 Å². The first kappa shape index (κ1) is 20.8. The summed E-state index contributed by atoms with van der Waals surface area (Å²) in [4.78, 5) is 12.2. The van der Waals surface area contributed by atoms with Crippen molar-refractivity contribution in [1.82, 2.24) is 5.32 Å². The van der Waals surface area contributed by atoms with E-state index in [1.54, 1.807) is 7.11 Å².